The minimum atomic E-state index is -0.147. The van der Waals surface area contributed by atoms with Gasteiger partial charge in [-0.2, -0.15) is 0 Å². The van der Waals surface area contributed by atoms with Crippen LogP contribution in [0, 0.1) is 0 Å². The van der Waals surface area contributed by atoms with Gasteiger partial charge in [-0.05, 0) is 6.42 Å². The van der Waals surface area contributed by atoms with E-state index in [0.717, 1.165) is 13.0 Å². The highest BCUT2D eigenvalue weighted by atomic mass is 16.5. The number of carbonyl (C=O) groups is 2. The summed E-state index contributed by atoms with van der Waals surface area (Å²) in [6.07, 6.45) is 3.92. The van der Waals surface area contributed by atoms with Crippen molar-refractivity contribution in [3.8, 4) is 0 Å². The first-order chi connectivity index (χ1) is 11.1. The molecule has 0 aliphatic carbocycles. The second-order valence-corrected chi connectivity index (χ2v) is 5.36. The molecule has 2 amide bonds. The smallest absolute Gasteiger partial charge is 0.274 e. The Bertz CT molecular complexity index is 526. The molecule has 2 rings (SSSR count). The maximum atomic E-state index is 12.4. The van der Waals surface area contributed by atoms with E-state index in [4.69, 9.17) is 4.74 Å². The second-order valence-electron chi connectivity index (χ2n) is 5.36. The Morgan fingerprint density at radius 1 is 1.17 bits per heavy atom. The van der Waals surface area contributed by atoms with E-state index in [-0.39, 0.29) is 11.8 Å². The molecule has 8 heteroatoms. The molecule has 0 radical (unpaired) electrons. The van der Waals surface area contributed by atoms with Crippen LogP contribution in [0.1, 0.15) is 23.8 Å². The highest BCUT2D eigenvalue weighted by Gasteiger charge is 2.24. The van der Waals surface area contributed by atoms with Gasteiger partial charge >= 0.3 is 0 Å². The molecular formula is C15H23N5O3. The largest absolute Gasteiger partial charge is 0.385 e. The Balaban J connectivity index is 1.84. The zero-order chi connectivity index (χ0) is 16.7. The van der Waals surface area contributed by atoms with Gasteiger partial charge in [0, 0.05) is 53.4 Å². The molecule has 1 fully saturated rings. The van der Waals surface area contributed by atoms with Crippen molar-refractivity contribution >= 4 is 17.6 Å². The van der Waals surface area contributed by atoms with Crippen LogP contribution in [0.5, 0.6) is 0 Å². The number of amides is 2. The first-order valence-corrected chi connectivity index (χ1v) is 7.71. The maximum Gasteiger partial charge on any atom is 0.274 e. The van der Waals surface area contributed by atoms with Crippen LogP contribution in [-0.2, 0) is 9.53 Å². The average molecular weight is 321 g/mol. The van der Waals surface area contributed by atoms with E-state index in [1.54, 1.807) is 30.0 Å². The molecule has 1 aliphatic heterocycles. The molecule has 0 saturated carbocycles. The highest BCUT2D eigenvalue weighted by Crippen LogP contribution is 2.08. The number of hydrogen-bond acceptors (Lipinski definition) is 6. The number of nitrogens with zero attached hydrogens (tertiary/aromatic N) is 4. The van der Waals surface area contributed by atoms with Crippen molar-refractivity contribution in [2.75, 3.05) is 51.8 Å². The summed E-state index contributed by atoms with van der Waals surface area (Å²) in [4.78, 5) is 35.5. The number of ether oxygens (including phenoxy) is 1. The quantitative estimate of drug-likeness (QED) is 0.755. The molecule has 1 saturated heterocycles. The van der Waals surface area contributed by atoms with Gasteiger partial charge in [0.25, 0.3) is 5.91 Å². The first-order valence-electron chi connectivity index (χ1n) is 7.71. The zero-order valence-corrected chi connectivity index (χ0v) is 13.6. The standard InChI is InChI=1S/C15H23N5O3/c1-12(21)19-5-7-20(8-6-19)15(22)13-10-18-14(11-17-13)16-4-3-9-23-2/h10-11H,3-9H2,1-2H3,(H,16,18). The topological polar surface area (TPSA) is 87.7 Å². The SMILES string of the molecule is COCCCNc1cnc(C(=O)N2CCN(C(C)=O)CC2)cn1. The molecule has 2 heterocycles. The third kappa shape index (κ3) is 4.88. The summed E-state index contributed by atoms with van der Waals surface area (Å²) in [5, 5.41) is 3.12. The average Bonchev–Trinajstić information content (AvgIpc) is 2.59. The van der Waals surface area contributed by atoms with Crippen LogP contribution in [0.15, 0.2) is 12.4 Å². The molecular weight excluding hydrogens is 298 g/mol. The Kier molecular flexibility index (Phi) is 6.28. The molecule has 23 heavy (non-hydrogen) atoms. The molecule has 0 aromatic carbocycles. The van der Waals surface area contributed by atoms with Crippen molar-refractivity contribution in [1.82, 2.24) is 19.8 Å². The van der Waals surface area contributed by atoms with Crippen LogP contribution in [0.25, 0.3) is 0 Å². The third-order valence-electron chi connectivity index (χ3n) is 3.71. The number of rotatable bonds is 6. The number of nitrogens with one attached hydrogen (secondary N) is 1. The molecule has 8 nitrogen and oxygen atoms in total. The Hall–Kier alpha value is -2.22. The normalized spacial score (nSPS) is 14.7. The van der Waals surface area contributed by atoms with Crippen LogP contribution in [0.2, 0.25) is 0 Å². The minimum absolute atomic E-state index is 0.0424. The lowest BCUT2D eigenvalue weighted by Gasteiger charge is -2.33. The number of methoxy groups -OCH3 is 1. The number of carbonyl (C=O) groups excluding carboxylic acids is 2. The summed E-state index contributed by atoms with van der Waals surface area (Å²) in [5.74, 6) is 0.534. The van der Waals surface area contributed by atoms with Crippen molar-refractivity contribution < 1.29 is 14.3 Å². The summed E-state index contributed by atoms with van der Waals surface area (Å²) >= 11 is 0. The zero-order valence-electron chi connectivity index (χ0n) is 13.6. The first kappa shape index (κ1) is 17.1. The van der Waals surface area contributed by atoms with Gasteiger partial charge < -0.3 is 19.9 Å². The van der Waals surface area contributed by atoms with E-state index in [2.05, 4.69) is 15.3 Å². The third-order valence-corrected chi connectivity index (χ3v) is 3.71. The highest BCUT2D eigenvalue weighted by molar-refractivity contribution is 5.92. The van der Waals surface area contributed by atoms with Crippen LogP contribution in [-0.4, -0.2) is 78.0 Å². The Morgan fingerprint density at radius 3 is 2.43 bits per heavy atom. The number of aromatic nitrogens is 2. The summed E-state index contributed by atoms with van der Waals surface area (Å²) in [7, 11) is 1.66. The molecule has 0 bridgehead atoms. The Morgan fingerprint density at radius 2 is 1.87 bits per heavy atom. The number of hydrogen-bond donors (Lipinski definition) is 1. The van der Waals surface area contributed by atoms with Gasteiger partial charge in [-0.3, -0.25) is 9.59 Å². The van der Waals surface area contributed by atoms with Crippen molar-refractivity contribution in [1.29, 1.82) is 0 Å². The second kappa shape index (κ2) is 8.42. The molecule has 0 spiro atoms. The van der Waals surface area contributed by atoms with E-state index < -0.39 is 0 Å². The summed E-state index contributed by atoms with van der Waals surface area (Å²) in [6, 6.07) is 0. The van der Waals surface area contributed by atoms with Gasteiger partial charge in [0.1, 0.15) is 11.5 Å². The van der Waals surface area contributed by atoms with Crippen LogP contribution in [0.3, 0.4) is 0 Å². The fourth-order valence-electron chi connectivity index (χ4n) is 2.35. The minimum Gasteiger partial charge on any atom is -0.385 e. The van der Waals surface area contributed by atoms with Crippen molar-refractivity contribution in [2.45, 2.75) is 13.3 Å². The monoisotopic (exact) mass is 321 g/mol. The van der Waals surface area contributed by atoms with Crippen LogP contribution < -0.4 is 5.32 Å². The van der Waals surface area contributed by atoms with E-state index in [0.29, 0.717) is 44.3 Å². The van der Waals surface area contributed by atoms with Crippen LogP contribution in [0.4, 0.5) is 5.82 Å². The molecule has 0 unspecified atom stereocenters. The lowest BCUT2D eigenvalue weighted by atomic mass is 10.3. The van der Waals surface area contributed by atoms with Gasteiger partial charge in [-0.1, -0.05) is 0 Å². The van der Waals surface area contributed by atoms with Gasteiger partial charge in [0.05, 0.1) is 12.4 Å². The van der Waals surface area contributed by atoms with E-state index in [1.807, 2.05) is 0 Å². The van der Waals surface area contributed by atoms with Crippen LogP contribution >= 0.6 is 0 Å². The predicted molar refractivity (Wildman–Crippen MR) is 85.2 cm³/mol. The summed E-state index contributed by atoms with van der Waals surface area (Å²) in [6.45, 7) is 5.14. The number of piperazine rings is 1. The fraction of sp³-hybridized carbons (Fsp3) is 0.600. The van der Waals surface area contributed by atoms with Gasteiger partial charge in [0.15, 0.2) is 0 Å². The molecule has 0 atom stereocenters. The van der Waals surface area contributed by atoms with Crippen molar-refractivity contribution in [2.24, 2.45) is 0 Å². The number of anilines is 1. The predicted octanol–water partition coefficient (Wildman–Crippen LogP) is 0.229. The van der Waals surface area contributed by atoms with E-state index in [1.165, 1.54) is 6.20 Å². The van der Waals surface area contributed by atoms with E-state index >= 15 is 0 Å². The summed E-state index contributed by atoms with van der Waals surface area (Å²) in [5.41, 5.74) is 0.323. The Labute approximate surface area is 135 Å². The van der Waals surface area contributed by atoms with Crippen molar-refractivity contribution in [3.05, 3.63) is 18.1 Å². The summed E-state index contributed by atoms with van der Waals surface area (Å²) < 4.78 is 4.97. The lowest BCUT2D eigenvalue weighted by molar-refractivity contribution is -0.130. The fourth-order valence-corrected chi connectivity index (χ4v) is 2.35. The molecule has 1 aromatic rings. The molecule has 126 valence electrons. The maximum absolute atomic E-state index is 12.4. The van der Waals surface area contributed by atoms with Crippen molar-refractivity contribution in [3.63, 3.8) is 0 Å². The van der Waals surface area contributed by atoms with E-state index in [9.17, 15) is 9.59 Å². The molecule has 1 aliphatic rings. The van der Waals surface area contributed by atoms with Gasteiger partial charge in [0.2, 0.25) is 5.91 Å². The van der Waals surface area contributed by atoms with Gasteiger partial charge in [-0.25, -0.2) is 9.97 Å². The van der Waals surface area contributed by atoms with Gasteiger partial charge in [-0.15, -0.1) is 0 Å². The molecule has 1 aromatic heterocycles. The lowest BCUT2D eigenvalue weighted by Crippen LogP contribution is -2.50. The molecule has 1 N–H and O–H groups in total.